The number of aromatic nitrogens is 2. The average Bonchev–Trinajstić information content (AvgIpc) is 2.64. The number of nitrogens with one attached hydrogen (secondary N) is 1. The number of rotatable bonds is 6. The van der Waals surface area contributed by atoms with Gasteiger partial charge >= 0.3 is 11.6 Å². The van der Waals surface area contributed by atoms with Crippen LogP contribution in [0.5, 0.6) is 11.6 Å². The first-order chi connectivity index (χ1) is 12.9. The van der Waals surface area contributed by atoms with E-state index in [1.165, 1.54) is 6.33 Å². The molecule has 0 radical (unpaired) electrons. The molecule has 1 fully saturated rings. The summed E-state index contributed by atoms with van der Waals surface area (Å²) in [5, 5.41) is 13.6. The lowest BCUT2D eigenvalue weighted by Crippen LogP contribution is -2.47. The molecule has 0 saturated carbocycles. The van der Waals surface area contributed by atoms with Crippen LogP contribution in [0.25, 0.3) is 0 Å². The van der Waals surface area contributed by atoms with Crippen molar-refractivity contribution in [2.45, 2.75) is 19.8 Å². The van der Waals surface area contributed by atoms with Gasteiger partial charge in [0.2, 0.25) is 5.82 Å². The summed E-state index contributed by atoms with van der Waals surface area (Å²) in [4.78, 5) is 21.4. The number of benzene rings is 1. The van der Waals surface area contributed by atoms with Gasteiger partial charge in [0.05, 0.1) is 4.92 Å². The Kier molecular flexibility index (Phi) is 5.82. The summed E-state index contributed by atoms with van der Waals surface area (Å²) in [5.74, 6) is 0.941. The van der Waals surface area contributed by atoms with Crippen LogP contribution in [-0.2, 0) is 0 Å². The fraction of sp³-hybridized carbons (Fsp3) is 0.444. The molecular weight excluding hydrogens is 348 g/mol. The predicted molar refractivity (Wildman–Crippen MR) is 102 cm³/mol. The standard InChI is InChI=1S/C18H24N6O3/c1-13(2)14-4-6-15(7-5-14)27-18-16(24(25)26)17(19-12-20-18)21-23-10-8-22(3)9-11-23/h4-7,12-13H,8-11H2,1-3H3,(H,19,20,21). The summed E-state index contributed by atoms with van der Waals surface area (Å²) < 4.78 is 5.69. The van der Waals surface area contributed by atoms with Gasteiger partial charge in [-0.2, -0.15) is 4.98 Å². The van der Waals surface area contributed by atoms with E-state index >= 15 is 0 Å². The van der Waals surface area contributed by atoms with Crippen LogP contribution in [0, 0.1) is 10.1 Å². The van der Waals surface area contributed by atoms with Crippen molar-refractivity contribution in [3.8, 4) is 11.6 Å². The molecule has 0 amide bonds. The molecule has 2 heterocycles. The van der Waals surface area contributed by atoms with Crippen molar-refractivity contribution in [3.05, 3.63) is 46.3 Å². The van der Waals surface area contributed by atoms with Crippen LogP contribution in [0.15, 0.2) is 30.6 Å². The van der Waals surface area contributed by atoms with Crippen LogP contribution in [0.2, 0.25) is 0 Å². The molecule has 1 aromatic heterocycles. The lowest BCUT2D eigenvalue weighted by Gasteiger charge is -2.32. The fourth-order valence-corrected chi connectivity index (χ4v) is 2.78. The Bertz CT molecular complexity index is 788. The zero-order chi connectivity index (χ0) is 19.4. The number of hydrazine groups is 1. The minimum absolute atomic E-state index is 0.0797. The monoisotopic (exact) mass is 372 g/mol. The van der Waals surface area contributed by atoms with E-state index < -0.39 is 4.92 Å². The SMILES string of the molecule is CC(C)c1ccc(Oc2ncnc(NN3CCN(C)CC3)c2[N+](=O)[O-])cc1. The highest BCUT2D eigenvalue weighted by Crippen LogP contribution is 2.34. The van der Waals surface area contributed by atoms with Crippen LogP contribution in [-0.4, -0.2) is 58.0 Å². The molecule has 9 nitrogen and oxygen atoms in total. The third-order valence-corrected chi connectivity index (χ3v) is 4.50. The lowest BCUT2D eigenvalue weighted by atomic mass is 10.0. The molecule has 0 unspecified atom stereocenters. The van der Waals surface area contributed by atoms with Crippen molar-refractivity contribution < 1.29 is 9.66 Å². The molecule has 0 atom stereocenters. The van der Waals surface area contributed by atoms with Crippen molar-refractivity contribution in [2.75, 3.05) is 38.7 Å². The Morgan fingerprint density at radius 3 is 2.41 bits per heavy atom. The number of likely N-dealkylation sites (N-methyl/N-ethyl adjacent to an activating group) is 1. The molecule has 0 bridgehead atoms. The summed E-state index contributed by atoms with van der Waals surface area (Å²) in [5.41, 5.74) is 3.93. The van der Waals surface area contributed by atoms with Gasteiger partial charge in [-0.05, 0) is 30.7 Å². The zero-order valence-corrected chi connectivity index (χ0v) is 15.8. The van der Waals surface area contributed by atoms with E-state index in [0.29, 0.717) is 11.7 Å². The molecule has 27 heavy (non-hydrogen) atoms. The molecule has 1 aliphatic rings. The average molecular weight is 372 g/mol. The van der Waals surface area contributed by atoms with Crippen LogP contribution in [0.1, 0.15) is 25.3 Å². The van der Waals surface area contributed by atoms with Gasteiger partial charge in [0.15, 0.2) is 0 Å². The van der Waals surface area contributed by atoms with E-state index in [1.54, 1.807) is 12.1 Å². The summed E-state index contributed by atoms with van der Waals surface area (Å²) in [7, 11) is 2.04. The maximum absolute atomic E-state index is 11.6. The lowest BCUT2D eigenvalue weighted by molar-refractivity contribution is -0.385. The van der Waals surface area contributed by atoms with E-state index in [-0.39, 0.29) is 17.4 Å². The first-order valence-electron chi connectivity index (χ1n) is 8.91. The molecule has 144 valence electrons. The van der Waals surface area contributed by atoms with Crippen molar-refractivity contribution in [1.29, 1.82) is 0 Å². The molecule has 1 aromatic carbocycles. The van der Waals surface area contributed by atoms with Gasteiger partial charge in [-0.25, -0.2) is 9.99 Å². The van der Waals surface area contributed by atoms with Crippen molar-refractivity contribution >= 4 is 11.5 Å². The maximum atomic E-state index is 11.6. The first kappa shape index (κ1) is 19.0. The van der Waals surface area contributed by atoms with E-state index in [1.807, 2.05) is 24.2 Å². The molecule has 0 spiro atoms. The minimum Gasteiger partial charge on any atom is -0.434 e. The van der Waals surface area contributed by atoms with Crippen LogP contribution >= 0.6 is 0 Å². The van der Waals surface area contributed by atoms with E-state index in [9.17, 15) is 10.1 Å². The van der Waals surface area contributed by atoms with Crippen molar-refractivity contribution in [2.24, 2.45) is 0 Å². The number of nitrogens with zero attached hydrogens (tertiary/aromatic N) is 5. The van der Waals surface area contributed by atoms with Gasteiger partial charge in [-0.3, -0.25) is 15.5 Å². The summed E-state index contributed by atoms with van der Waals surface area (Å²) in [6.45, 7) is 7.42. The van der Waals surface area contributed by atoms with Crippen LogP contribution in [0.4, 0.5) is 11.5 Å². The third kappa shape index (κ3) is 4.69. The second kappa shape index (κ2) is 8.28. The van der Waals surface area contributed by atoms with E-state index in [4.69, 9.17) is 4.74 Å². The van der Waals surface area contributed by atoms with Gasteiger partial charge in [-0.15, -0.1) is 0 Å². The van der Waals surface area contributed by atoms with E-state index in [0.717, 1.165) is 31.7 Å². The predicted octanol–water partition coefficient (Wildman–Crippen LogP) is 2.87. The quantitative estimate of drug-likeness (QED) is 0.611. The highest BCUT2D eigenvalue weighted by molar-refractivity contribution is 5.61. The normalized spacial score (nSPS) is 15.7. The van der Waals surface area contributed by atoms with Gasteiger partial charge in [0.25, 0.3) is 0 Å². The third-order valence-electron chi connectivity index (χ3n) is 4.50. The second-order valence-corrected chi connectivity index (χ2v) is 6.86. The largest absolute Gasteiger partial charge is 0.434 e. The number of nitro groups is 1. The molecule has 1 saturated heterocycles. The molecule has 1 N–H and O–H groups in total. The van der Waals surface area contributed by atoms with Gasteiger partial charge in [0.1, 0.15) is 12.1 Å². The minimum atomic E-state index is -0.518. The van der Waals surface area contributed by atoms with Gasteiger partial charge in [-0.1, -0.05) is 26.0 Å². The van der Waals surface area contributed by atoms with Gasteiger partial charge in [0, 0.05) is 26.2 Å². The van der Waals surface area contributed by atoms with Crippen molar-refractivity contribution in [3.63, 3.8) is 0 Å². The summed E-state index contributed by atoms with van der Waals surface area (Å²) >= 11 is 0. The van der Waals surface area contributed by atoms with Crippen LogP contribution < -0.4 is 10.2 Å². The maximum Gasteiger partial charge on any atom is 0.374 e. The Labute approximate surface area is 158 Å². The topological polar surface area (TPSA) is 96.7 Å². The Hall–Kier alpha value is -2.78. The smallest absolute Gasteiger partial charge is 0.374 e. The Morgan fingerprint density at radius 2 is 1.81 bits per heavy atom. The summed E-state index contributed by atoms with van der Waals surface area (Å²) in [6, 6.07) is 7.45. The molecule has 0 aliphatic carbocycles. The number of piperazine rings is 1. The molecule has 2 aromatic rings. The zero-order valence-electron chi connectivity index (χ0n) is 15.8. The molecular formula is C18H24N6O3. The van der Waals surface area contributed by atoms with Gasteiger partial charge < -0.3 is 9.64 Å². The molecule has 3 rings (SSSR count). The van der Waals surface area contributed by atoms with Crippen LogP contribution in [0.3, 0.4) is 0 Å². The molecule has 1 aliphatic heterocycles. The second-order valence-electron chi connectivity index (χ2n) is 6.86. The number of ether oxygens (including phenoxy) is 1. The fourth-order valence-electron chi connectivity index (χ4n) is 2.78. The molecule has 9 heteroatoms. The van der Waals surface area contributed by atoms with Crippen molar-refractivity contribution in [1.82, 2.24) is 19.9 Å². The number of hydrogen-bond acceptors (Lipinski definition) is 8. The summed E-state index contributed by atoms with van der Waals surface area (Å²) in [6.07, 6.45) is 1.27. The Balaban J connectivity index is 1.81. The number of hydrogen-bond donors (Lipinski definition) is 1. The number of anilines is 1. The highest BCUT2D eigenvalue weighted by atomic mass is 16.6. The first-order valence-corrected chi connectivity index (χ1v) is 8.91. The van der Waals surface area contributed by atoms with E-state index in [2.05, 4.69) is 34.1 Å². The Morgan fingerprint density at radius 1 is 1.15 bits per heavy atom. The highest BCUT2D eigenvalue weighted by Gasteiger charge is 2.27.